The van der Waals surface area contributed by atoms with Crippen molar-refractivity contribution in [1.82, 2.24) is 5.32 Å². The van der Waals surface area contributed by atoms with Gasteiger partial charge >= 0.3 is 0 Å². The van der Waals surface area contributed by atoms with E-state index < -0.39 is 5.60 Å². The molecule has 0 aromatic heterocycles. The summed E-state index contributed by atoms with van der Waals surface area (Å²) in [5, 5.41) is 13.6. The van der Waals surface area contributed by atoms with Gasteiger partial charge < -0.3 is 19.9 Å². The minimum absolute atomic E-state index is 0.278. The Balaban J connectivity index is 2.74. The second-order valence-electron chi connectivity index (χ2n) is 5.74. The summed E-state index contributed by atoms with van der Waals surface area (Å²) in [5.41, 5.74) is 0.372. The molecule has 0 aliphatic heterocycles. The van der Waals surface area contributed by atoms with Gasteiger partial charge in [-0.3, -0.25) is 0 Å². The number of hydrogen-bond acceptors (Lipinski definition) is 4. The summed E-state index contributed by atoms with van der Waals surface area (Å²) < 4.78 is 11.2. The molecule has 2 N–H and O–H groups in total. The number of nitrogens with one attached hydrogen (secondary N) is 1. The highest BCUT2D eigenvalue weighted by Crippen LogP contribution is 2.29. The molecule has 0 atom stereocenters. The van der Waals surface area contributed by atoms with Gasteiger partial charge in [0.15, 0.2) is 11.5 Å². The van der Waals surface area contributed by atoms with Crippen LogP contribution in [0.2, 0.25) is 0 Å². The van der Waals surface area contributed by atoms with Gasteiger partial charge in [-0.1, -0.05) is 33.8 Å². The summed E-state index contributed by atoms with van der Waals surface area (Å²) in [7, 11) is 1.63. The molecule has 4 heteroatoms. The fraction of sp³-hybridized carbons (Fsp3) is 0.647. The Kier molecular flexibility index (Phi) is 6.99. The normalized spacial score (nSPS) is 11.8. The van der Waals surface area contributed by atoms with Crippen molar-refractivity contribution in [3.8, 4) is 11.5 Å². The third-order valence-corrected chi connectivity index (χ3v) is 3.76. The van der Waals surface area contributed by atoms with E-state index in [4.69, 9.17) is 9.47 Å². The molecule has 0 saturated heterocycles. The van der Waals surface area contributed by atoms with Crippen molar-refractivity contribution in [2.24, 2.45) is 0 Å². The van der Waals surface area contributed by atoms with E-state index in [0.29, 0.717) is 30.4 Å². The van der Waals surface area contributed by atoms with Crippen molar-refractivity contribution in [3.05, 3.63) is 23.8 Å². The van der Waals surface area contributed by atoms with Gasteiger partial charge in [0, 0.05) is 12.6 Å². The van der Waals surface area contributed by atoms with Crippen molar-refractivity contribution in [3.63, 3.8) is 0 Å². The monoisotopic (exact) mass is 295 g/mol. The van der Waals surface area contributed by atoms with Gasteiger partial charge in [0.1, 0.15) is 6.61 Å². The molecule has 0 heterocycles. The maximum absolute atomic E-state index is 10.3. The van der Waals surface area contributed by atoms with Gasteiger partial charge in [0.05, 0.1) is 12.7 Å². The molecule has 0 unspecified atom stereocenters. The second kappa shape index (κ2) is 8.25. The number of hydrogen-bond donors (Lipinski definition) is 2. The Morgan fingerprint density at radius 3 is 2.38 bits per heavy atom. The molecule has 120 valence electrons. The van der Waals surface area contributed by atoms with Crippen LogP contribution in [0.4, 0.5) is 0 Å². The minimum atomic E-state index is -0.775. The molecule has 21 heavy (non-hydrogen) atoms. The largest absolute Gasteiger partial charge is 0.493 e. The van der Waals surface area contributed by atoms with E-state index in [0.717, 1.165) is 12.1 Å². The average Bonchev–Trinajstić information content (AvgIpc) is 2.50. The Morgan fingerprint density at radius 2 is 1.86 bits per heavy atom. The van der Waals surface area contributed by atoms with Crippen molar-refractivity contribution in [1.29, 1.82) is 0 Å². The van der Waals surface area contributed by atoms with Gasteiger partial charge in [-0.05, 0) is 30.5 Å². The molecule has 0 spiro atoms. The minimum Gasteiger partial charge on any atom is -0.493 e. The maximum atomic E-state index is 10.3. The number of methoxy groups -OCH3 is 1. The summed E-state index contributed by atoms with van der Waals surface area (Å²) in [6, 6.07) is 6.34. The SMILES string of the molecule is CCC(O)(CC)COc1ccc(CNC(C)C)cc1OC. The zero-order valence-corrected chi connectivity index (χ0v) is 13.9. The highest BCUT2D eigenvalue weighted by Gasteiger charge is 2.23. The fourth-order valence-electron chi connectivity index (χ4n) is 1.93. The lowest BCUT2D eigenvalue weighted by Gasteiger charge is -2.25. The number of rotatable bonds is 9. The highest BCUT2D eigenvalue weighted by atomic mass is 16.5. The van der Waals surface area contributed by atoms with Gasteiger partial charge in [-0.25, -0.2) is 0 Å². The highest BCUT2D eigenvalue weighted by molar-refractivity contribution is 5.43. The van der Waals surface area contributed by atoms with E-state index in [1.807, 2.05) is 32.0 Å². The molecule has 1 rings (SSSR count). The molecule has 0 aliphatic carbocycles. The van der Waals surface area contributed by atoms with Gasteiger partial charge in [0.2, 0.25) is 0 Å². The van der Waals surface area contributed by atoms with E-state index >= 15 is 0 Å². The zero-order valence-electron chi connectivity index (χ0n) is 13.9. The molecule has 0 amide bonds. The number of ether oxygens (including phenoxy) is 2. The molecular formula is C17H29NO3. The summed E-state index contributed by atoms with van der Waals surface area (Å²) in [5.74, 6) is 1.37. The molecular weight excluding hydrogens is 266 g/mol. The molecule has 0 radical (unpaired) electrons. The van der Waals surface area contributed by atoms with Gasteiger partial charge in [-0.15, -0.1) is 0 Å². The first kappa shape index (κ1) is 17.8. The summed E-state index contributed by atoms with van der Waals surface area (Å²) in [6.45, 7) is 9.23. The van der Waals surface area contributed by atoms with Gasteiger partial charge in [-0.2, -0.15) is 0 Å². The third kappa shape index (κ3) is 5.56. The third-order valence-electron chi connectivity index (χ3n) is 3.76. The topological polar surface area (TPSA) is 50.7 Å². The number of aliphatic hydroxyl groups is 1. The van der Waals surface area contributed by atoms with E-state index in [2.05, 4.69) is 19.2 Å². The van der Waals surface area contributed by atoms with Crippen LogP contribution >= 0.6 is 0 Å². The van der Waals surface area contributed by atoms with Crippen molar-refractivity contribution < 1.29 is 14.6 Å². The molecule has 0 aliphatic rings. The molecule has 4 nitrogen and oxygen atoms in total. The van der Waals surface area contributed by atoms with Crippen molar-refractivity contribution in [2.75, 3.05) is 13.7 Å². The molecule has 1 aromatic rings. The summed E-state index contributed by atoms with van der Waals surface area (Å²) in [6.07, 6.45) is 1.34. The number of benzene rings is 1. The first-order valence-corrected chi connectivity index (χ1v) is 7.69. The lowest BCUT2D eigenvalue weighted by atomic mass is 9.99. The second-order valence-corrected chi connectivity index (χ2v) is 5.74. The quantitative estimate of drug-likeness (QED) is 0.735. The van der Waals surface area contributed by atoms with Crippen LogP contribution < -0.4 is 14.8 Å². The van der Waals surface area contributed by atoms with E-state index in [9.17, 15) is 5.11 Å². The first-order chi connectivity index (χ1) is 9.94. The summed E-state index contributed by atoms with van der Waals surface area (Å²) >= 11 is 0. The lowest BCUT2D eigenvalue weighted by Crippen LogP contribution is -2.34. The lowest BCUT2D eigenvalue weighted by molar-refractivity contribution is -0.0119. The van der Waals surface area contributed by atoms with E-state index in [-0.39, 0.29) is 6.61 Å². The average molecular weight is 295 g/mol. The van der Waals surface area contributed by atoms with Crippen LogP contribution in [-0.2, 0) is 6.54 Å². The van der Waals surface area contributed by atoms with E-state index in [1.165, 1.54) is 0 Å². The Morgan fingerprint density at radius 1 is 1.19 bits per heavy atom. The predicted molar refractivity (Wildman–Crippen MR) is 86.0 cm³/mol. The molecule has 0 saturated carbocycles. The predicted octanol–water partition coefficient (Wildman–Crippen LogP) is 3.12. The zero-order chi connectivity index (χ0) is 15.9. The maximum Gasteiger partial charge on any atom is 0.161 e. The smallest absolute Gasteiger partial charge is 0.161 e. The van der Waals surface area contributed by atoms with Crippen LogP contribution in [0.5, 0.6) is 11.5 Å². The van der Waals surface area contributed by atoms with Gasteiger partial charge in [0.25, 0.3) is 0 Å². The van der Waals surface area contributed by atoms with Crippen LogP contribution in [0.1, 0.15) is 46.1 Å². The molecule has 1 aromatic carbocycles. The van der Waals surface area contributed by atoms with Crippen molar-refractivity contribution in [2.45, 2.75) is 58.7 Å². The van der Waals surface area contributed by atoms with Crippen molar-refractivity contribution >= 4 is 0 Å². The molecule has 0 bridgehead atoms. The van der Waals surface area contributed by atoms with Crippen LogP contribution in [0.15, 0.2) is 18.2 Å². The van der Waals surface area contributed by atoms with Crippen LogP contribution in [0, 0.1) is 0 Å². The van der Waals surface area contributed by atoms with E-state index in [1.54, 1.807) is 7.11 Å². The summed E-state index contributed by atoms with van der Waals surface area (Å²) in [4.78, 5) is 0. The molecule has 0 fully saturated rings. The van der Waals surface area contributed by atoms with Crippen LogP contribution in [-0.4, -0.2) is 30.5 Å². The Hall–Kier alpha value is -1.26. The Bertz CT molecular complexity index is 428. The standard InChI is InChI=1S/C17H29NO3/c1-6-17(19,7-2)12-21-15-9-8-14(10-16(15)20-5)11-18-13(3)4/h8-10,13,18-19H,6-7,11-12H2,1-5H3. The van der Waals surface area contributed by atoms with Crippen LogP contribution in [0.3, 0.4) is 0 Å². The Labute approximate surface area is 128 Å². The first-order valence-electron chi connectivity index (χ1n) is 7.69. The fourth-order valence-corrected chi connectivity index (χ4v) is 1.93. The van der Waals surface area contributed by atoms with Crippen LogP contribution in [0.25, 0.3) is 0 Å².